The Balaban J connectivity index is 1.87. The summed E-state index contributed by atoms with van der Waals surface area (Å²) in [7, 11) is 0. The molecule has 24 heavy (non-hydrogen) atoms. The Kier molecular flexibility index (Phi) is 6.02. The van der Waals surface area contributed by atoms with Crippen LogP contribution >= 0.6 is 0 Å². The molecule has 0 fully saturated rings. The third-order valence-electron chi connectivity index (χ3n) is 3.48. The molecule has 0 saturated carbocycles. The lowest BCUT2D eigenvalue weighted by Gasteiger charge is -2.12. The smallest absolute Gasteiger partial charge is 0.249 e. The summed E-state index contributed by atoms with van der Waals surface area (Å²) in [5.41, 5.74) is 6.94. The molecule has 128 valence electrons. The molecule has 0 aliphatic carbocycles. The predicted molar refractivity (Wildman–Crippen MR) is 91.3 cm³/mol. The van der Waals surface area contributed by atoms with Gasteiger partial charge >= 0.3 is 0 Å². The molecule has 2 aromatic rings. The molecule has 1 heterocycles. The van der Waals surface area contributed by atoms with Crippen molar-refractivity contribution in [3.63, 3.8) is 0 Å². The van der Waals surface area contributed by atoms with Gasteiger partial charge in [-0.05, 0) is 44.5 Å². The number of hydrogen-bond donors (Lipinski definition) is 3. The van der Waals surface area contributed by atoms with Gasteiger partial charge in [0.05, 0.1) is 0 Å². The third kappa shape index (κ3) is 5.17. The summed E-state index contributed by atoms with van der Waals surface area (Å²) in [6.45, 7) is 3.60. The van der Waals surface area contributed by atoms with Crippen LogP contribution in [0.1, 0.15) is 32.7 Å². The van der Waals surface area contributed by atoms with Crippen molar-refractivity contribution in [2.24, 2.45) is 5.73 Å². The van der Waals surface area contributed by atoms with Crippen molar-refractivity contribution < 1.29 is 9.59 Å². The van der Waals surface area contributed by atoms with Gasteiger partial charge in [-0.25, -0.2) is 9.67 Å². The number of nitrogens with two attached hydrogens (primary N) is 1. The van der Waals surface area contributed by atoms with Gasteiger partial charge in [0.2, 0.25) is 11.8 Å². The number of aromatic nitrogens is 3. The summed E-state index contributed by atoms with van der Waals surface area (Å²) in [5, 5.41) is 9.53. The summed E-state index contributed by atoms with van der Waals surface area (Å²) >= 11 is 0. The minimum Gasteiger partial charge on any atom is -0.328 e. The summed E-state index contributed by atoms with van der Waals surface area (Å²) in [6, 6.07) is 6.46. The fourth-order valence-electron chi connectivity index (χ4n) is 2.00. The Hall–Kier alpha value is -2.74. The first-order valence-electron chi connectivity index (χ1n) is 7.76. The van der Waals surface area contributed by atoms with Crippen LogP contribution in [0.15, 0.2) is 36.9 Å². The molecule has 2 amide bonds. The van der Waals surface area contributed by atoms with Gasteiger partial charge in [-0.2, -0.15) is 5.10 Å². The van der Waals surface area contributed by atoms with E-state index in [1.165, 1.54) is 17.3 Å². The van der Waals surface area contributed by atoms with E-state index in [0.717, 1.165) is 0 Å². The van der Waals surface area contributed by atoms with Crippen molar-refractivity contribution in [2.75, 3.05) is 10.6 Å². The number of nitrogens with one attached hydrogen (secondary N) is 2. The minimum absolute atomic E-state index is 0.000291. The first kappa shape index (κ1) is 17.6. The van der Waals surface area contributed by atoms with E-state index in [9.17, 15) is 9.59 Å². The van der Waals surface area contributed by atoms with Crippen LogP contribution in [-0.4, -0.2) is 32.6 Å². The maximum absolute atomic E-state index is 12.1. The second-order valence-corrected chi connectivity index (χ2v) is 5.68. The molecule has 8 heteroatoms. The molecule has 2 atom stereocenters. The second-order valence-electron chi connectivity index (χ2n) is 5.68. The molecular formula is C16H22N6O2. The van der Waals surface area contributed by atoms with Crippen molar-refractivity contribution >= 4 is 23.2 Å². The summed E-state index contributed by atoms with van der Waals surface area (Å²) in [6.07, 6.45) is 3.89. The van der Waals surface area contributed by atoms with Crippen LogP contribution in [0.25, 0.3) is 0 Å². The number of carbonyl (C=O) groups is 2. The van der Waals surface area contributed by atoms with Crippen molar-refractivity contribution in [3.05, 3.63) is 36.9 Å². The van der Waals surface area contributed by atoms with Crippen LogP contribution < -0.4 is 16.4 Å². The molecule has 1 aromatic heterocycles. The standard InChI is InChI=1S/C16H22N6O2/c1-11(17)3-8-15(23)20-13-4-6-14(7-5-13)21-16(24)12(2)22-10-18-9-19-22/h4-7,9-12H,3,8,17H2,1-2H3,(H,20,23)(H,21,24). The van der Waals surface area contributed by atoms with Crippen molar-refractivity contribution in [1.82, 2.24) is 14.8 Å². The van der Waals surface area contributed by atoms with Crippen LogP contribution in [0.3, 0.4) is 0 Å². The molecule has 4 N–H and O–H groups in total. The number of amides is 2. The number of carbonyl (C=O) groups excluding carboxylic acids is 2. The lowest BCUT2D eigenvalue weighted by atomic mass is 10.2. The Morgan fingerprint density at radius 2 is 1.79 bits per heavy atom. The Morgan fingerprint density at radius 1 is 1.17 bits per heavy atom. The number of anilines is 2. The van der Waals surface area contributed by atoms with Gasteiger partial charge in [-0.15, -0.1) is 0 Å². The van der Waals surface area contributed by atoms with E-state index in [1.54, 1.807) is 31.2 Å². The lowest BCUT2D eigenvalue weighted by molar-refractivity contribution is -0.119. The molecule has 0 bridgehead atoms. The maximum atomic E-state index is 12.1. The molecule has 0 aliphatic rings. The largest absolute Gasteiger partial charge is 0.328 e. The van der Waals surface area contributed by atoms with E-state index in [-0.39, 0.29) is 17.9 Å². The average Bonchev–Trinajstić information content (AvgIpc) is 3.08. The highest BCUT2D eigenvalue weighted by Gasteiger charge is 2.15. The predicted octanol–water partition coefficient (Wildman–Crippen LogP) is 1.54. The monoisotopic (exact) mass is 330 g/mol. The molecule has 2 rings (SSSR count). The number of nitrogens with zero attached hydrogens (tertiary/aromatic N) is 3. The number of hydrogen-bond acceptors (Lipinski definition) is 5. The highest BCUT2D eigenvalue weighted by atomic mass is 16.2. The van der Waals surface area contributed by atoms with E-state index in [0.29, 0.717) is 24.2 Å². The molecule has 8 nitrogen and oxygen atoms in total. The molecular weight excluding hydrogens is 308 g/mol. The lowest BCUT2D eigenvalue weighted by Crippen LogP contribution is -2.24. The van der Waals surface area contributed by atoms with Crippen LogP contribution in [0.5, 0.6) is 0 Å². The summed E-state index contributed by atoms with van der Waals surface area (Å²) in [5.74, 6) is -0.280. The highest BCUT2D eigenvalue weighted by Crippen LogP contribution is 2.16. The quantitative estimate of drug-likeness (QED) is 0.712. The molecule has 0 spiro atoms. The molecule has 2 unspecified atom stereocenters. The molecule has 1 aromatic carbocycles. The van der Waals surface area contributed by atoms with Crippen LogP contribution in [0.4, 0.5) is 11.4 Å². The van der Waals surface area contributed by atoms with E-state index in [2.05, 4.69) is 20.7 Å². The van der Waals surface area contributed by atoms with Crippen LogP contribution in [0.2, 0.25) is 0 Å². The van der Waals surface area contributed by atoms with E-state index in [1.807, 2.05) is 6.92 Å². The van der Waals surface area contributed by atoms with Gasteiger partial charge in [0.25, 0.3) is 0 Å². The van der Waals surface area contributed by atoms with Crippen LogP contribution in [-0.2, 0) is 9.59 Å². The maximum Gasteiger partial charge on any atom is 0.249 e. The number of benzene rings is 1. The second kappa shape index (κ2) is 8.21. The van der Waals surface area contributed by atoms with Gasteiger partial charge in [0.15, 0.2) is 0 Å². The zero-order valence-corrected chi connectivity index (χ0v) is 13.8. The Morgan fingerprint density at radius 3 is 2.33 bits per heavy atom. The van der Waals surface area contributed by atoms with Gasteiger partial charge < -0.3 is 16.4 Å². The highest BCUT2D eigenvalue weighted by molar-refractivity contribution is 5.94. The molecule has 0 radical (unpaired) electrons. The van der Waals surface area contributed by atoms with Crippen LogP contribution in [0, 0.1) is 0 Å². The zero-order valence-electron chi connectivity index (χ0n) is 13.8. The first-order valence-corrected chi connectivity index (χ1v) is 7.76. The summed E-state index contributed by atoms with van der Waals surface area (Å²) < 4.78 is 1.47. The van der Waals surface area contributed by atoms with Crippen molar-refractivity contribution in [3.8, 4) is 0 Å². The third-order valence-corrected chi connectivity index (χ3v) is 3.48. The van der Waals surface area contributed by atoms with Crippen molar-refractivity contribution in [1.29, 1.82) is 0 Å². The van der Waals surface area contributed by atoms with Gasteiger partial charge in [0, 0.05) is 23.8 Å². The topological polar surface area (TPSA) is 115 Å². The van der Waals surface area contributed by atoms with E-state index < -0.39 is 6.04 Å². The first-order chi connectivity index (χ1) is 11.5. The number of rotatable bonds is 7. The van der Waals surface area contributed by atoms with E-state index >= 15 is 0 Å². The normalized spacial score (nSPS) is 13.1. The van der Waals surface area contributed by atoms with Gasteiger partial charge in [0.1, 0.15) is 18.7 Å². The van der Waals surface area contributed by atoms with Crippen molar-refractivity contribution in [2.45, 2.75) is 38.8 Å². The minimum atomic E-state index is -0.467. The van der Waals surface area contributed by atoms with E-state index in [4.69, 9.17) is 5.73 Å². The Labute approximate surface area is 140 Å². The van der Waals surface area contributed by atoms with Gasteiger partial charge in [-0.3, -0.25) is 9.59 Å². The molecule has 0 saturated heterocycles. The average molecular weight is 330 g/mol. The fourth-order valence-corrected chi connectivity index (χ4v) is 2.00. The fraction of sp³-hybridized carbons (Fsp3) is 0.375. The molecule has 0 aliphatic heterocycles. The van der Waals surface area contributed by atoms with Gasteiger partial charge in [-0.1, -0.05) is 0 Å². The summed E-state index contributed by atoms with van der Waals surface area (Å²) in [4.78, 5) is 27.7. The Bertz CT molecular complexity index is 666. The SMILES string of the molecule is CC(N)CCC(=O)Nc1ccc(NC(=O)C(C)n2cncn2)cc1. The zero-order chi connectivity index (χ0) is 17.5.